The number of nitro benzene ring substituents is 1. The smallest absolute Gasteiger partial charge is 0.269 e. The molecule has 1 unspecified atom stereocenters. The van der Waals surface area contributed by atoms with E-state index in [1.165, 1.54) is 12.1 Å². The molecule has 0 radical (unpaired) electrons. The second kappa shape index (κ2) is 5.95. The summed E-state index contributed by atoms with van der Waals surface area (Å²) in [6.07, 6.45) is 0.635. The number of benzene rings is 2. The number of fused-ring (bicyclic) bond motifs is 1. The van der Waals surface area contributed by atoms with Gasteiger partial charge in [0.05, 0.1) is 4.92 Å². The highest BCUT2D eigenvalue weighted by Crippen LogP contribution is 2.45. The summed E-state index contributed by atoms with van der Waals surface area (Å²) in [5, 5.41) is 21.0. The second-order valence-corrected chi connectivity index (χ2v) is 6.80. The Morgan fingerprint density at radius 2 is 1.84 bits per heavy atom. The van der Waals surface area contributed by atoms with E-state index >= 15 is 0 Å². The van der Waals surface area contributed by atoms with Crippen LogP contribution in [-0.4, -0.2) is 22.2 Å². The van der Waals surface area contributed by atoms with Crippen LogP contribution in [0.2, 0.25) is 0 Å². The minimum absolute atomic E-state index is 0.0280. The third-order valence-electron chi connectivity index (χ3n) is 4.83. The number of ether oxygens (including phenoxy) is 2. The summed E-state index contributed by atoms with van der Waals surface area (Å²) in [6.45, 7) is 7.98. The SMILES string of the molecule is Cc1c(C)c2c(c(C)c1O)CC(C)(COc1ccc([N+](=O)[O-])cc1)O2. The number of non-ortho nitro benzene ring substituents is 1. The monoisotopic (exact) mass is 343 g/mol. The Morgan fingerprint density at radius 3 is 2.44 bits per heavy atom. The zero-order valence-corrected chi connectivity index (χ0v) is 14.8. The quantitative estimate of drug-likeness (QED) is 0.670. The van der Waals surface area contributed by atoms with E-state index in [2.05, 4.69) is 0 Å². The van der Waals surface area contributed by atoms with Gasteiger partial charge in [-0.3, -0.25) is 10.1 Å². The molecule has 1 heterocycles. The van der Waals surface area contributed by atoms with Gasteiger partial charge in [0, 0.05) is 24.1 Å². The van der Waals surface area contributed by atoms with E-state index in [0.717, 1.165) is 28.0 Å². The van der Waals surface area contributed by atoms with Crippen LogP contribution in [-0.2, 0) is 6.42 Å². The lowest BCUT2D eigenvalue weighted by atomic mass is 9.93. The first-order valence-electron chi connectivity index (χ1n) is 8.10. The van der Waals surface area contributed by atoms with Crippen molar-refractivity contribution < 1.29 is 19.5 Å². The van der Waals surface area contributed by atoms with Crippen molar-refractivity contribution in [2.75, 3.05) is 6.61 Å². The first-order chi connectivity index (χ1) is 11.7. The molecule has 0 amide bonds. The van der Waals surface area contributed by atoms with Gasteiger partial charge >= 0.3 is 0 Å². The van der Waals surface area contributed by atoms with Gasteiger partial charge in [-0.1, -0.05) is 0 Å². The van der Waals surface area contributed by atoms with Crippen molar-refractivity contribution in [3.8, 4) is 17.2 Å². The molecule has 0 saturated carbocycles. The molecule has 132 valence electrons. The van der Waals surface area contributed by atoms with Crippen LogP contribution in [0.25, 0.3) is 0 Å². The molecule has 1 aliphatic rings. The first kappa shape index (κ1) is 17.1. The van der Waals surface area contributed by atoms with E-state index < -0.39 is 10.5 Å². The summed E-state index contributed by atoms with van der Waals surface area (Å²) in [5.74, 6) is 1.70. The van der Waals surface area contributed by atoms with Crippen LogP contribution in [0.5, 0.6) is 17.2 Å². The average molecular weight is 343 g/mol. The average Bonchev–Trinajstić information content (AvgIpc) is 2.95. The minimum atomic E-state index is -0.556. The molecule has 6 nitrogen and oxygen atoms in total. The van der Waals surface area contributed by atoms with Crippen LogP contribution in [0.3, 0.4) is 0 Å². The Kier molecular flexibility index (Phi) is 4.06. The van der Waals surface area contributed by atoms with Crippen molar-refractivity contribution in [2.24, 2.45) is 0 Å². The summed E-state index contributed by atoms with van der Waals surface area (Å²) >= 11 is 0. The van der Waals surface area contributed by atoms with E-state index in [9.17, 15) is 15.2 Å². The number of nitrogens with zero attached hydrogens (tertiary/aromatic N) is 1. The minimum Gasteiger partial charge on any atom is -0.507 e. The molecule has 1 atom stereocenters. The molecule has 2 aromatic rings. The molecule has 0 spiro atoms. The molecule has 6 heteroatoms. The summed E-state index contributed by atoms with van der Waals surface area (Å²) < 4.78 is 12.0. The number of nitro groups is 1. The van der Waals surface area contributed by atoms with Crippen LogP contribution in [0.4, 0.5) is 5.69 Å². The van der Waals surface area contributed by atoms with Crippen LogP contribution in [0.15, 0.2) is 24.3 Å². The molecule has 1 aliphatic heterocycles. The van der Waals surface area contributed by atoms with Crippen molar-refractivity contribution in [1.82, 2.24) is 0 Å². The normalized spacial score (nSPS) is 18.6. The fourth-order valence-corrected chi connectivity index (χ4v) is 3.16. The maximum atomic E-state index is 10.7. The maximum Gasteiger partial charge on any atom is 0.269 e. The molecule has 0 bridgehead atoms. The fraction of sp³-hybridized carbons (Fsp3) is 0.368. The van der Waals surface area contributed by atoms with E-state index in [0.29, 0.717) is 24.5 Å². The summed E-state index contributed by atoms with van der Waals surface area (Å²) in [6, 6.07) is 5.99. The first-order valence-corrected chi connectivity index (χ1v) is 8.10. The van der Waals surface area contributed by atoms with Crippen LogP contribution in [0.1, 0.15) is 29.2 Å². The van der Waals surface area contributed by atoms with Gasteiger partial charge in [0.1, 0.15) is 29.5 Å². The largest absolute Gasteiger partial charge is 0.507 e. The molecule has 0 fully saturated rings. The van der Waals surface area contributed by atoms with Crippen molar-refractivity contribution in [1.29, 1.82) is 0 Å². The van der Waals surface area contributed by atoms with E-state index in [1.807, 2.05) is 27.7 Å². The molecule has 0 saturated heterocycles. The standard InChI is InChI=1S/C19H21NO5/c1-11-12(2)18-16(13(3)17(11)21)9-19(4,25-18)10-24-15-7-5-14(6-8-15)20(22)23/h5-8,21H,9-10H2,1-4H3. The maximum absolute atomic E-state index is 10.7. The molecule has 25 heavy (non-hydrogen) atoms. The third kappa shape index (κ3) is 2.99. The van der Waals surface area contributed by atoms with E-state index in [-0.39, 0.29) is 5.69 Å². The van der Waals surface area contributed by atoms with Crippen molar-refractivity contribution >= 4 is 5.69 Å². The fourth-order valence-electron chi connectivity index (χ4n) is 3.16. The van der Waals surface area contributed by atoms with Gasteiger partial charge in [0.2, 0.25) is 0 Å². The third-order valence-corrected chi connectivity index (χ3v) is 4.83. The predicted molar refractivity (Wildman–Crippen MR) is 93.6 cm³/mol. The lowest BCUT2D eigenvalue weighted by Crippen LogP contribution is -2.37. The number of rotatable bonds is 4. The molecular formula is C19H21NO5. The Bertz CT molecular complexity index is 805. The van der Waals surface area contributed by atoms with Gasteiger partial charge in [0.25, 0.3) is 5.69 Å². The summed E-state index contributed by atoms with van der Waals surface area (Å²) in [4.78, 5) is 10.3. The number of phenolic OH excluding ortho intramolecular Hbond substituents is 1. The van der Waals surface area contributed by atoms with Crippen molar-refractivity contribution in [2.45, 2.75) is 39.7 Å². The topological polar surface area (TPSA) is 81.8 Å². The van der Waals surface area contributed by atoms with Gasteiger partial charge in [-0.05, 0) is 56.5 Å². The Morgan fingerprint density at radius 1 is 1.20 bits per heavy atom. The Balaban J connectivity index is 1.77. The molecule has 2 aromatic carbocycles. The van der Waals surface area contributed by atoms with Gasteiger partial charge in [-0.2, -0.15) is 0 Å². The van der Waals surface area contributed by atoms with Crippen LogP contribution < -0.4 is 9.47 Å². The number of hydrogen-bond donors (Lipinski definition) is 1. The van der Waals surface area contributed by atoms with E-state index in [4.69, 9.17) is 9.47 Å². The lowest BCUT2D eigenvalue weighted by molar-refractivity contribution is -0.384. The number of hydrogen-bond acceptors (Lipinski definition) is 5. The molecule has 3 rings (SSSR count). The zero-order chi connectivity index (χ0) is 18.4. The van der Waals surface area contributed by atoms with Crippen molar-refractivity contribution in [3.63, 3.8) is 0 Å². The van der Waals surface area contributed by atoms with Gasteiger partial charge in [0.15, 0.2) is 0 Å². The highest BCUT2D eigenvalue weighted by molar-refractivity contribution is 5.59. The lowest BCUT2D eigenvalue weighted by Gasteiger charge is -2.24. The molecular weight excluding hydrogens is 322 g/mol. The molecule has 0 aromatic heterocycles. The summed E-state index contributed by atoms with van der Waals surface area (Å²) in [7, 11) is 0. The van der Waals surface area contributed by atoms with Crippen LogP contribution in [0, 0.1) is 30.9 Å². The van der Waals surface area contributed by atoms with Gasteiger partial charge < -0.3 is 14.6 Å². The van der Waals surface area contributed by atoms with Gasteiger partial charge in [-0.15, -0.1) is 0 Å². The predicted octanol–water partition coefficient (Wildman–Crippen LogP) is 4.00. The highest BCUT2D eigenvalue weighted by Gasteiger charge is 2.39. The highest BCUT2D eigenvalue weighted by atomic mass is 16.6. The zero-order valence-electron chi connectivity index (χ0n) is 14.8. The Labute approximate surface area is 146 Å². The van der Waals surface area contributed by atoms with Crippen LogP contribution >= 0.6 is 0 Å². The molecule has 0 aliphatic carbocycles. The molecule has 1 N–H and O–H groups in total. The Hall–Kier alpha value is -2.76. The van der Waals surface area contributed by atoms with Crippen molar-refractivity contribution in [3.05, 3.63) is 56.6 Å². The number of aromatic hydroxyl groups is 1. The van der Waals surface area contributed by atoms with E-state index in [1.54, 1.807) is 12.1 Å². The summed E-state index contributed by atoms with van der Waals surface area (Å²) in [5.41, 5.74) is 3.10. The van der Waals surface area contributed by atoms with Gasteiger partial charge in [-0.25, -0.2) is 0 Å². The second-order valence-electron chi connectivity index (χ2n) is 6.80. The number of phenols is 1.